The number of hydrogen-bond donors (Lipinski definition) is 0. The van der Waals surface area contributed by atoms with E-state index in [1.54, 1.807) is 0 Å². The molecule has 1 aromatic heterocycles. The topological polar surface area (TPSA) is 53.0 Å². The summed E-state index contributed by atoms with van der Waals surface area (Å²) in [7, 11) is 0. The summed E-state index contributed by atoms with van der Waals surface area (Å²) in [6.45, 7) is 0. The van der Waals surface area contributed by atoms with Gasteiger partial charge in [-0.2, -0.15) is 0 Å². The Kier molecular flexibility index (Phi) is 4.65. The van der Waals surface area contributed by atoms with Crippen molar-refractivity contribution >= 4 is 29.2 Å². The summed E-state index contributed by atoms with van der Waals surface area (Å²) in [6, 6.07) is 1.24. The van der Waals surface area contributed by atoms with E-state index in [9.17, 15) is 9.90 Å². The fourth-order valence-electron chi connectivity index (χ4n) is 0.558. The Labute approximate surface area is 90.9 Å². The van der Waals surface area contributed by atoms with Gasteiger partial charge in [0.1, 0.15) is 5.15 Å². The number of aromatic carboxylic acids is 1. The molecule has 3 nitrogen and oxygen atoms in total. The summed E-state index contributed by atoms with van der Waals surface area (Å²) >= 11 is 10.9. The minimum absolute atomic E-state index is 0. The van der Waals surface area contributed by atoms with Crippen LogP contribution in [0.4, 0.5) is 0 Å². The van der Waals surface area contributed by atoms with Crippen LogP contribution >= 0.6 is 23.2 Å². The molecule has 0 aliphatic rings. The van der Waals surface area contributed by atoms with Gasteiger partial charge in [0.05, 0.1) is 11.0 Å². The number of halogens is 2. The summed E-state index contributed by atoms with van der Waals surface area (Å²) in [6.07, 6.45) is 1.06. The zero-order valence-corrected chi connectivity index (χ0v) is 7.69. The quantitative estimate of drug-likeness (QED) is 0.378. The average Bonchev–Trinajstić information content (AvgIpc) is 1.85. The second-order valence-electron chi connectivity index (χ2n) is 1.77. The van der Waals surface area contributed by atoms with E-state index in [1.807, 2.05) is 0 Å². The molecule has 0 radical (unpaired) electrons. The monoisotopic (exact) mass is 197 g/mol. The van der Waals surface area contributed by atoms with Crippen LogP contribution in [0, 0.1) is 0 Å². The molecular weight excluding hydrogens is 196 g/mol. The predicted molar refractivity (Wildman–Crippen MR) is 38.6 cm³/mol. The number of pyridine rings is 1. The predicted octanol–water partition coefficient (Wildman–Crippen LogP) is -2.24. The van der Waals surface area contributed by atoms with E-state index in [1.165, 1.54) is 6.07 Å². The first kappa shape index (κ1) is 11.8. The van der Waals surface area contributed by atoms with Gasteiger partial charge in [-0.05, 0) is 6.07 Å². The molecule has 1 rings (SSSR count). The van der Waals surface area contributed by atoms with Crippen molar-refractivity contribution in [2.45, 2.75) is 0 Å². The minimum atomic E-state index is -1.36. The average molecular weight is 198 g/mol. The Bertz CT molecular complexity index is 306. The van der Waals surface area contributed by atoms with E-state index in [4.69, 9.17) is 23.2 Å². The van der Waals surface area contributed by atoms with Crippen molar-refractivity contribution in [2.75, 3.05) is 0 Å². The Balaban J connectivity index is 0.00000121. The molecule has 0 aliphatic carbocycles. The molecular formula is C6H2Cl2LiNO2. The van der Waals surface area contributed by atoms with Gasteiger partial charge in [0.25, 0.3) is 0 Å². The number of hydrogen-bond acceptors (Lipinski definition) is 3. The van der Waals surface area contributed by atoms with Crippen LogP contribution in [-0.4, -0.2) is 11.0 Å². The molecule has 0 aliphatic heterocycles. The molecule has 58 valence electrons. The van der Waals surface area contributed by atoms with Gasteiger partial charge < -0.3 is 9.90 Å². The number of carboxylic acids is 1. The molecule has 0 atom stereocenters. The van der Waals surface area contributed by atoms with Crippen molar-refractivity contribution < 1.29 is 28.8 Å². The Morgan fingerprint density at radius 2 is 2.08 bits per heavy atom. The normalized spacial score (nSPS) is 8.83. The first-order valence-corrected chi connectivity index (χ1v) is 3.39. The molecule has 0 saturated carbocycles. The molecule has 0 bridgehead atoms. The number of rotatable bonds is 1. The van der Waals surface area contributed by atoms with E-state index < -0.39 is 5.97 Å². The van der Waals surface area contributed by atoms with Crippen LogP contribution in [0.25, 0.3) is 0 Å². The molecule has 0 aromatic carbocycles. The molecule has 0 N–H and O–H groups in total. The van der Waals surface area contributed by atoms with Crippen LogP contribution < -0.4 is 24.0 Å². The smallest absolute Gasteiger partial charge is 0.545 e. The molecule has 0 amide bonds. The molecule has 0 fully saturated rings. The van der Waals surface area contributed by atoms with Crippen LogP contribution in [0.3, 0.4) is 0 Å². The summed E-state index contributed by atoms with van der Waals surface area (Å²) < 4.78 is 0. The van der Waals surface area contributed by atoms with E-state index in [0.717, 1.165) is 6.20 Å². The van der Waals surface area contributed by atoms with E-state index in [2.05, 4.69) is 4.98 Å². The third-order valence-electron chi connectivity index (χ3n) is 1.04. The van der Waals surface area contributed by atoms with Gasteiger partial charge in [0.2, 0.25) is 0 Å². The largest absolute Gasteiger partial charge is 1.00 e. The SMILES string of the molecule is O=C([O-])c1cnc(Cl)cc1Cl.[Li+]. The molecule has 6 heteroatoms. The van der Waals surface area contributed by atoms with Crippen LogP contribution in [0.1, 0.15) is 10.4 Å². The van der Waals surface area contributed by atoms with Crippen LogP contribution in [0.15, 0.2) is 12.3 Å². The Hall–Kier alpha value is -0.203. The van der Waals surface area contributed by atoms with E-state index >= 15 is 0 Å². The summed E-state index contributed by atoms with van der Waals surface area (Å²) in [4.78, 5) is 13.8. The van der Waals surface area contributed by atoms with Crippen molar-refractivity contribution in [3.8, 4) is 0 Å². The van der Waals surface area contributed by atoms with Crippen molar-refractivity contribution in [1.82, 2.24) is 4.98 Å². The molecule has 0 spiro atoms. The molecule has 1 aromatic rings. The zero-order chi connectivity index (χ0) is 8.43. The number of carbonyl (C=O) groups excluding carboxylic acids is 1. The Morgan fingerprint density at radius 1 is 1.50 bits per heavy atom. The summed E-state index contributed by atoms with van der Waals surface area (Å²) in [5.41, 5.74) is -0.156. The second-order valence-corrected chi connectivity index (χ2v) is 2.57. The number of carboxylic acid groups (broad SMARTS) is 1. The van der Waals surface area contributed by atoms with Crippen LogP contribution in [-0.2, 0) is 0 Å². The van der Waals surface area contributed by atoms with Gasteiger partial charge in [0, 0.05) is 11.8 Å². The Morgan fingerprint density at radius 3 is 2.50 bits per heavy atom. The van der Waals surface area contributed by atoms with Gasteiger partial charge >= 0.3 is 18.9 Å². The van der Waals surface area contributed by atoms with Gasteiger partial charge in [-0.1, -0.05) is 23.2 Å². The zero-order valence-electron chi connectivity index (χ0n) is 6.17. The molecule has 1 heterocycles. The molecule has 0 saturated heterocycles. The number of nitrogens with zero attached hydrogens (tertiary/aromatic N) is 1. The van der Waals surface area contributed by atoms with Crippen molar-refractivity contribution in [2.24, 2.45) is 0 Å². The maximum absolute atomic E-state index is 10.3. The third-order valence-corrected chi connectivity index (χ3v) is 1.56. The number of aromatic nitrogens is 1. The third kappa shape index (κ3) is 2.69. The fraction of sp³-hybridized carbons (Fsp3) is 0. The summed E-state index contributed by atoms with van der Waals surface area (Å²) in [5, 5.41) is 10.4. The van der Waals surface area contributed by atoms with Crippen LogP contribution in [0.2, 0.25) is 10.2 Å². The standard InChI is InChI=1S/C6H3Cl2NO2.Li/c7-4-1-5(8)9-2-3(4)6(10)11;/h1-2H,(H,10,11);/q;+1/p-1. The van der Waals surface area contributed by atoms with Gasteiger partial charge in [-0.3, -0.25) is 0 Å². The van der Waals surface area contributed by atoms with Crippen molar-refractivity contribution in [3.63, 3.8) is 0 Å². The van der Waals surface area contributed by atoms with Gasteiger partial charge in [0.15, 0.2) is 0 Å². The maximum atomic E-state index is 10.3. The minimum Gasteiger partial charge on any atom is -0.545 e. The van der Waals surface area contributed by atoms with Crippen molar-refractivity contribution in [3.05, 3.63) is 28.0 Å². The van der Waals surface area contributed by atoms with E-state index in [0.29, 0.717) is 0 Å². The van der Waals surface area contributed by atoms with Crippen molar-refractivity contribution in [1.29, 1.82) is 0 Å². The van der Waals surface area contributed by atoms with Gasteiger partial charge in [-0.25, -0.2) is 4.98 Å². The first-order chi connectivity index (χ1) is 5.11. The number of carbonyl (C=O) groups is 1. The fourth-order valence-corrected chi connectivity index (χ4v) is 1.00. The molecule has 0 unspecified atom stereocenters. The second kappa shape index (κ2) is 4.73. The maximum Gasteiger partial charge on any atom is 1.00 e. The first-order valence-electron chi connectivity index (χ1n) is 2.63. The van der Waals surface area contributed by atoms with Gasteiger partial charge in [-0.15, -0.1) is 0 Å². The summed E-state index contributed by atoms with van der Waals surface area (Å²) in [5.74, 6) is -1.36. The van der Waals surface area contributed by atoms with Crippen LogP contribution in [0.5, 0.6) is 0 Å². The molecule has 12 heavy (non-hydrogen) atoms. The van der Waals surface area contributed by atoms with E-state index in [-0.39, 0.29) is 34.6 Å².